The number of para-hydroxylation sites is 1. The fourth-order valence-corrected chi connectivity index (χ4v) is 2.41. The Kier molecular flexibility index (Phi) is 4.60. The molecule has 2 rings (SSSR count). The average molecular weight is 301 g/mol. The summed E-state index contributed by atoms with van der Waals surface area (Å²) in [4.78, 5) is 24.7. The predicted octanol–water partition coefficient (Wildman–Crippen LogP) is 3.00. The quantitative estimate of drug-likeness (QED) is 0.629. The van der Waals surface area contributed by atoms with E-state index in [1.165, 1.54) is 11.0 Å². The Hall–Kier alpha value is -2.63. The lowest BCUT2D eigenvalue weighted by Crippen LogP contribution is -2.27. The second kappa shape index (κ2) is 6.43. The van der Waals surface area contributed by atoms with Gasteiger partial charge in [0.1, 0.15) is 5.56 Å². The molecule has 6 nitrogen and oxygen atoms in total. The summed E-state index contributed by atoms with van der Waals surface area (Å²) in [5, 5.41) is 11.2. The first-order valence-electron chi connectivity index (χ1n) is 7.08. The molecule has 0 unspecified atom stereocenters. The lowest BCUT2D eigenvalue weighted by atomic mass is 10.1. The Morgan fingerprint density at radius 2 is 2.09 bits per heavy atom. The van der Waals surface area contributed by atoms with Crippen LogP contribution in [0.2, 0.25) is 0 Å². The number of amides is 1. The maximum atomic E-state index is 12.5. The molecule has 0 saturated carbocycles. The minimum Gasteiger partial charge on any atom is -0.354 e. The van der Waals surface area contributed by atoms with Gasteiger partial charge in [-0.1, -0.05) is 12.1 Å². The second-order valence-corrected chi connectivity index (χ2v) is 5.24. The number of nitro benzene ring substituents is 1. The van der Waals surface area contributed by atoms with Gasteiger partial charge in [0.25, 0.3) is 11.6 Å². The molecule has 22 heavy (non-hydrogen) atoms. The van der Waals surface area contributed by atoms with Crippen molar-refractivity contribution >= 4 is 11.6 Å². The monoisotopic (exact) mass is 301 g/mol. The number of carbonyl (C=O) groups is 1. The van der Waals surface area contributed by atoms with E-state index in [4.69, 9.17) is 0 Å². The molecule has 1 heterocycles. The highest BCUT2D eigenvalue weighted by Crippen LogP contribution is 2.24. The fraction of sp³-hybridized carbons (Fsp3) is 0.312. The predicted molar refractivity (Wildman–Crippen MR) is 83.7 cm³/mol. The highest BCUT2D eigenvalue weighted by molar-refractivity contribution is 5.98. The van der Waals surface area contributed by atoms with Crippen molar-refractivity contribution in [3.05, 3.63) is 63.5 Å². The summed E-state index contributed by atoms with van der Waals surface area (Å²) >= 11 is 0. The van der Waals surface area contributed by atoms with Crippen molar-refractivity contribution in [3.63, 3.8) is 0 Å². The summed E-state index contributed by atoms with van der Waals surface area (Å²) in [7, 11) is 1.65. The first kappa shape index (κ1) is 15.8. The van der Waals surface area contributed by atoms with E-state index >= 15 is 0 Å². The molecule has 0 atom stereocenters. The number of benzene rings is 1. The molecular formula is C16H19N3O3. The van der Waals surface area contributed by atoms with Crippen molar-refractivity contribution in [2.75, 3.05) is 7.05 Å². The van der Waals surface area contributed by atoms with Gasteiger partial charge in [-0.2, -0.15) is 0 Å². The number of aromatic nitrogens is 1. The van der Waals surface area contributed by atoms with Gasteiger partial charge in [0.05, 0.1) is 4.92 Å². The van der Waals surface area contributed by atoms with E-state index < -0.39 is 4.92 Å². The zero-order chi connectivity index (χ0) is 16.3. The van der Waals surface area contributed by atoms with Gasteiger partial charge >= 0.3 is 0 Å². The molecule has 0 N–H and O–H groups in total. The van der Waals surface area contributed by atoms with Crippen molar-refractivity contribution in [2.24, 2.45) is 0 Å². The van der Waals surface area contributed by atoms with Gasteiger partial charge in [-0.15, -0.1) is 0 Å². The van der Waals surface area contributed by atoms with Crippen LogP contribution >= 0.6 is 0 Å². The smallest absolute Gasteiger partial charge is 0.285 e. The molecule has 0 radical (unpaired) electrons. The third-order valence-corrected chi connectivity index (χ3v) is 3.59. The largest absolute Gasteiger partial charge is 0.354 e. The molecule has 0 spiro atoms. The zero-order valence-electron chi connectivity index (χ0n) is 12.9. The van der Waals surface area contributed by atoms with E-state index in [1.54, 1.807) is 26.1 Å². The van der Waals surface area contributed by atoms with Crippen LogP contribution in [-0.4, -0.2) is 27.3 Å². The Balaban J connectivity index is 2.24. The Morgan fingerprint density at radius 3 is 2.68 bits per heavy atom. The average Bonchev–Trinajstić information content (AvgIpc) is 2.93. The van der Waals surface area contributed by atoms with Gasteiger partial charge in [0, 0.05) is 38.1 Å². The summed E-state index contributed by atoms with van der Waals surface area (Å²) in [6.45, 7) is 4.95. The molecule has 1 aromatic heterocycles. The van der Waals surface area contributed by atoms with Crippen LogP contribution in [0, 0.1) is 17.0 Å². The highest BCUT2D eigenvalue weighted by atomic mass is 16.6. The van der Waals surface area contributed by atoms with E-state index in [0.29, 0.717) is 12.1 Å². The molecular weight excluding hydrogens is 282 g/mol. The van der Waals surface area contributed by atoms with E-state index in [-0.39, 0.29) is 17.2 Å². The van der Waals surface area contributed by atoms with Gasteiger partial charge in [-0.05, 0) is 31.5 Å². The number of hydrogen-bond donors (Lipinski definition) is 0. The number of nitro groups is 1. The summed E-state index contributed by atoms with van der Waals surface area (Å²) in [6.07, 6.45) is 3.91. The van der Waals surface area contributed by atoms with Gasteiger partial charge in [-0.25, -0.2) is 0 Å². The molecule has 0 aliphatic carbocycles. The Morgan fingerprint density at radius 1 is 1.36 bits per heavy atom. The van der Waals surface area contributed by atoms with Crippen LogP contribution in [0.15, 0.2) is 36.7 Å². The van der Waals surface area contributed by atoms with Crippen molar-refractivity contribution in [1.29, 1.82) is 0 Å². The number of nitrogens with zero attached hydrogens (tertiary/aromatic N) is 3. The first-order chi connectivity index (χ1) is 10.4. The van der Waals surface area contributed by atoms with Gasteiger partial charge in [-0.3, -0.25) is 14.9 Å². The van der Waals surface area contributed by atoms with Crippen LogP contribution in [0.1, 0.15) is 28.4 Å². The van der Waals surface area contributed by atoms with Crippen molar-refractivity contribution in [2.45, 2.75) is 26.9 Å². The van der Waals surface area contributed by atoms with Crippen molar-refractivity contribution < 1.29 is 9.72 Å². The molecule has 2 aromatic rings. The molecule has 0 fully saturated rings. The van der Waals surface area contributed by atoms with Crippen LogP contribution in [0.5, 0.6) is 0 Å². The van der Waals surface area contributed by atoms with Gasteiger partial charge in [0.15, 0.2) is 0 Å². The standard InChI is InChI=1S/C16H19N3O3/c1-4-18-9-8-13(11-18)10-17(3)16(20)14-7-5-6-12(2)15(14)19(21)22/h5-9,11H,4,10H2,1-3H3. The molecule has 0 aliphatic rings. The molecule has 116 valence electrons. The topological polar surface area (TPSA) is 68.4 Å². The zero-order valence-corrected chi connectivity index (χ0v) is 12.9. The van der Waals surface area contributed by atoms with Crippen LogP contribution in [0.4, 0.5) is 5.69 Å². The lowest BCUT2D eigenvalue weighted by molar-refractivity contribution is -0.385. The van der Waals surface area contributed by atoms with Gasteiger partial charge < -0.3 is 9.47 Å². The van der Waals surface area contributed by atoms with Crippen LogP contribution in [0.3, 0.4) is 0 Å². The van der Waals surface area contributed by atoms with E-state index in [9.17, 15) is 14.9 Å². The van der Waals surface area contributed by atoms with E-state index in [1.807, 2.05) is 30.0 Å². The molecule has 6 heteroatoms. The van der Waals surface area contributed by atoms with Crippen LogP contribution < -0.4 is 0 Å². The van der Waals surface area contributed by atoms with E-state index in [0.717, 1.165) is 12.1 Å². The van der Waals surface area contributed by atoms with Crippen molar-refractivity contribution in [1.82, 2.24) is 9.47 Å². The minimum absolute atomic E-state index is 0.120. The maximum absolute atomic E-state index is 12.5. The maximum Gasteiger partial charge on any atom is 0.285 e. The normalized spacial score (nSPS) is 10.5. The van der Waals surface area contributed by atoms with Crippen LogP contribution in [0.25, 0.3) is 0 Å². The van der Waals surface area contributed by atoms with Crippen molar-refractivity contribution in [3.8, 4) is 0 Å². The minimum atomic E-state index is -0.496. The summed E-state index contributed by atoms with van der Waals surface area (Å²) in [5.74, 6) is -0.348. The fourth-order valence-electron chi connectivity index (χ4n) is 2.41. The molecule has 0 aliphatic heterocycles. The first-order valence-corrected chi connectivity index (χ1v) is 7.08. The molecule has 0 saturated heterocycles. The summed E-state index contributed by atoms with van der Waals surface area (Å²) in [6, 6.07) is 6.74. The Labute approximate surface area is 129 Å². The third kappa shape index (κ3) is 3.16. The van der Waals surface area contributed by atoms with Gasteiger partial charge in [0.2, 0.25) is 0 Å². The number of rotatable bonds is 5. The molecule has 1 aromatic carbocycles. The summed E-state index contributed by atoms with van der Waals surface area (Å²) in [5.41, 5.74) is 1.49. The highest BCUT2D eigenvalue weighted by Gasteiger charge is 2.24. The van der Waals surface area contributed by atoms with E-state index in [2.05, 4.69) is 0 Å². The molecule has 0 bridgehead atoms. The lowest BCUT2D eigenvalue weighted by Gasteiger charge is -2.17. The number of aryl methyl sites for hydroxylation is 2. The third-order valence-electron chi connectivity index (χ3n) is 3.59. The molecule has 1 amide bonds. The second-order valence-electron chi connectivity index (χ2n) is 5.24. The number of hydrogen-bond acceptors (Lipinski definition) is 3. The number of carbonyl (C=O) groups excluding carboxylic acids is 1. The summed E-state index contributed by atoms with van der Waals surface area (Å²) < 4.78 is 2.02. The van der Waals surface area contributed by atoms with Crippen LogP contribution in [-0.2, 0) is 13.1 Å². The SMILES string of the molecule is CCn1ccc(CN(C)C(=O)c2cccc(C)c2[N+](=O)[O-])c1. The Bertz CT molecular complexity index is 706.